The van der Waals surface area contributed by atoms with Crippen LogP contribution >= 0.6 is 0 Å². The number of hydrogen-bond acceptors (Lipinski definition) is 4. The van der Waals surface area contributed by atoms with Gasteiger partial charge in [0.1, 0.15) is 18.0 Å². The Morgan fingerprint density at radius 3 is 2.86 bits per heavy atom. The first-order valence-electron chi connectivity index (χ1n) is 9.92. The van der Waals surface area contributed by atoms with Gasteiger partial charge in [-0.25, -0.2) is 4.99 Å². The fourth-order valence-electron chi connectivity index (χ4n) is 3.18. The largest absolute Gasteiger partial charge is 0.489 e. The van der Waals surface area contributed by atoms with Crippen molar-refractivity contribution < 1.29 is 9.47 Å². The second-order valence-corrected chi connectivity index (χ2v) is 7.19. The molecule has 0 radical (unpaired) electrons. The van der Waals surface area contributed by atoms with Gasteiger partial charge in [-0.3, -0.25) is 4.68 Å². The van der Waals surface area contributed by atoms with E-state index >= 15 is 0 Å². The topological polar surface area (TPSA) is 63.9 Å². The molecule has 0 spiro atoms. The van der Waals surface area contributed by atoms with Gasteiger partial charge in [0.15, 0.2) is 5.96 Å². The Kier molecular flexibility index (Phi) is 6.92. The number of aryl methyl sites for hydroxylation is 2. The summed E-state index contributed by atoms with van der Waals surface area (Å²) in [5.74, 6) is 1.78. The molecule has 7 nitrogen and oxygen atoms in total. The zero-order chi connectivity index (χ0) is 19.9. The Balaban J connectivity index is 1.61. The number of guanidine groups is 1. The highest BCUT2D eigenvalue weighted by molar-refractivity contribution is 5.80. The molecule has 1 aliphatic rings. The van der Waals surface area contributed by atoms with E-state index in [-0.39, 0.29) is 12.2 Å². The summed E-state index contributed by atoms with van der Waals surface area (Å²) >= 11 is 0. The first-order chi connectivity index (χ1) is 13.5. The lowest BCUT2D eigenvalue weighted by molar-refractivity contribution is -0.00808. The molecule has 2 unspecified atom stereocenters. The summed E-state index contributed by atoms with van der Waals surface area (Å²) in [4.78, 5) is 7.07. The van der Waals surface area contributed by atoms with Crippen molar-refractivity contribution in [3.63, 3.8) is 0 Å². The van der Waals surface area contributed by atoms with Crippen LogP contribution in [0.5, 0.6) is 5.75 Å². The van der Waals surface area contributed by atoms with E-state index in [1.165, 1.54) is 5.56 Å². The molecule has 1 aromatic heterocycles. The summed E-state index contributed by atoms with van der Waals surface area (Å²) in [5.41, 5.74) is 2.32. The highest BCUT2D eigenvalue weighted by Gasteiger charge is 2.25. The number of aliphatic imine (C=N–C) groups is 1. The second-order valence-electron chi connectivity index (χ2n) is 7.19. The summed E-state index contributed by atoms with van der Waals surface area (Å²) in [5, 5.41) is 7.66. The van der Waals surface area contributed by atoms with Gasteiger partial charge in [-0.15, -0.1) is 0 Å². The maximum absolute atomic E-state index is 5.99. The molecule has 7 heteroatoms. The third-order valence-corrected chi connectivity index (χ3v) is 4.65. The normalized spacial score (nSPS) is 18.8. The van der Waals surface area contributed by atoms with Crippen molar-refractivity contribution in [3.05, 3.63) is 47.8 Å². The first kappa shape index (κ1) is 20.2. The van der Waals surface area contributed by atoms with Crippen molar-refractivity contribution in [2.75, 3.05) is 32.8 Å². The van der Waals surface area contributed by atoms with Crippen LogP contribution in [0, 0.1) is 6.92 Å². The number of benzene rings is 1. The lowest BCUT2D eigenvalue weighted by atomic mass is 10.1. The van der Waals surface area contributed by atoms with Gasteiger partial charge < -0.3 is 19.7 Å². The van der Waals surface area contributed by atoms with Crippen LogP contribution in [0.4, 0.5) is 0 Å². The molecular weight excluding hydrogens is 354 g/mol. The van der Waals surface area contributed by atoms with Gasteiger partial charge in [0, 0.05) is 31.9 Å². The molecule has 3 rings (SSSR count). The maximum Gasteiger partial charge on any atom is 0.194 e. The second kappa shape index (κ2) is 9.59. The molecule has 28 heavy (non-hydrogen) atoms. The number of rotatable bonds is 6. The number of nitrogens with zero attached hydrogens (tertiary/aromatic N) is 4. The highest BCUT2D eigenvalue weighted by atomic mass is 16.5. The SMILES string of the molecule is CCNC(=NCC(C)Oc1ccc(C)cc1)N1CCOC(c2cnn(C)c2)C1. The van der Waals surface area contributed by atoms with Crippen LogP contribution in [0.25, 0.3) is 0 Å². The molecule has 0 bridgehead atoms. The molecule has 1 aliphatic heterocycles. The third-order valence-electron chi connectivity index (χ3n) is 4.65. The molecule has 2 heterocycles. The van der Waals surface area contributed by atoms with Gasteiger partial charge in [0.25, 0.3) is 0 Å². The summed E-state index contributed by atoms with van der Waals surface area (Å²) in [6.07, 6.45) is 3.88. The fraction of sp³-hybridized carbons (Fsp3) is 0.524. The van der Waals surface area contributed by atoms with Crippen LogP contribution in [0.1, 0.15) is 31.1 Å². The van der Waals surface area contributed by atoms with E-state index in [1.807, 2.05) is 38.5 Å². The monoisotopic (exact) mass is 385 g/mol. The van der Waals surface area contributed by atoms with Crippen molar-refractivity contribution in [3.8, 4) is 5.75 Å². The molecule has 2 aromatic rings. The van der Waals surface area contributed by atoms with Crippen molar-refractivity contribution in [2.45, 2.75) is 33.0 Å². The minimum atomic E-state index is -0.00785. The van der Waals surface area contributed by atoms with E-state index in [4.69, 9.17) is 14.5 Å². The number of ether oxygens (including phenoxy) is 2. The zero-order valence-corrected chi connectivity index (χ0v) is 17.3. The summed E-state index contributed by atoms with van der Waals surface area (Å²) < 4.78 is 13.7. The molecule has 0 saturated carbocycles. The van der Waals surface area contributed by atoms with Gasteiger partial charge in [-0.05, 0) is 32.9 Å². The predicted molar refractivity (Wildman–Crippen MR) is 111 cm³/mol. The van der Waals surface area contributed by atoms with E-state index < -0.39 is 0 Å². The van der Waals surface area contributed by atoms with Crippen LogP contribution in [0.15, 0.2) is 41.7 Å². The average Bonchev–Trinajstić information content (AvgIpc) is 3.13. The van der Waals surface area contributed by atoms with Crippen LogP contribution in [0.3, 0.4) is 0 Å². The Hall–Kier alpha value is -2.54. The Bertz CT molecular complexity index is 771. The maximum atomic E-state index is 5.99. The van der Waals surface area contributed by atoms with Gasteiger partial charge in [-0.2, -0.15) is 5.10 Å². The predicted octanol–water partition coefficient (Wildman–Crippen LogP) is 2.53. The van der Waals surface area contributed by atoms with Gasteiger partial charge in [-0.1, -0.05) is 17.7 Å². The first-order valence-corrected chi connectivity index (χ1v) is 9.92. The van der Waals surface area contributed by atoms with E-state index in [0.717, 1.165) is 36.9 Å². The van der Waals surface area contributed by atoms with Crippen LogP contribution < -0.4 is 10.1 Å². The number of nitrogens with one attached hydrogen (secondary N) is 1. The lowest BCUT2D eigenvalue weighted by Gasteiger charge is -2.35. The van der Waals surface area contributed by atoms with E-state index in [2.05, 4.69) is 41.3 Å². The standard InChI is InChI=1S/C21H31N5O2/c1-5-22-21(23-12-17(3)28-19-8-6-16(2)7-9-19)26-10-11-27-20(15-26)18-13-24-25(4)14-18/h6-9,13-14,17,20H,5,10-12,15H2,1-4H3,(H,22,23). The molecule has 1 aromatic carbocycles. The molecular formula is C21H31N5O2. The molecule has 1 N–H and O–H groups in total. The molecule has 152 valence electrons. The summed E-state index contributed by atoms with van der Waals surface area (Å²) in [6.45, 7) is 9.85. The summed E-state index contributed by atoms with van der Waals surface area (Å²) in [6, 6.07) is 8.12. The minimum absolute atomic E-state index is 0.00698. The summed E-state index contributed by atoms with van der Waals surface area (Å²) in [7, 11) is 1.92. The van der Waals surface area contributed by atoms with Gasteiger partial charge >= 0.3 is 0 Å². The van der Waals surface area contributed by atoms with Crippen molar-refractivity contribution >= 4 is 5.96 Å². The van der Waals surface area contributed by atoms with E-state index in [0.29, 0.717) is 13.2 Å². The number of hydrogen-bond donors (Lipinski definition) is 1. The van der Waals surface area contributed by atoms with Crippen molar-refractivity contribution in [1.82, 2.24) is 20.0 Å². The molecule has 0 aliphatic carbocycles. The quantitative estimate of drug-likeness (QED) is 0.612. The Labute approximate surface area is 167 Å². The number of aromatic nitrogens is 2. The van der Waals surface area contributed by atoms with Crippen LogP contribution in [-0.2, 0) is 11.8 Å². The zero-order valence-electron chi connectivity index (χ0n) is 17.3. The smallest absolute Gasteiger partial charge is 0.194 e. The molecule has 1 saturated heterocycles. The van der Waals surface area contributed by atoms with Crippen molar-refractivity contribution in [1.29, 1.82) is 0 Å². The minimum Gasteiger partial charge on any atom is -0.489 e. The highest BCUT2D eigenvalue weighted by Crippen LogP contribution is 2.21. The van der Waals surface area contributed by atoms with Crippen LogP contribution in [0.2, 0.25) is 0 Å². The van der Waals surface area contributed by atoms with Gasteiger partial charge in [0.2, 0.25) is 0 Å². The molecule has 1 fully saturated rings. The Morgan fingerprint density at radius 2 is 2.18 bits per heavy atom. The van der Waals surface area contributed by atoms with Gasteiger partial charge in [0.05, 0.1) is 25.9 Å². The van der Waals surface area contributed by atoms with E-state index in [1.54, 1.807) is 4.68 Å². The molecule has 0 amide bonds. The van der Waals surface area contributed by atoms with Crippen LogP contribution in [-0.4, -0.2) is 59.5 Å². The average molecular weight is 386 g/mol. The fourth-order valence-corrected chi connectivity index (χ4v) is 3.18. The molecule has 2 atom stereocenters. The van der Waals surface area contributed by atoms with E-state index in [9.17, 15) is 0 Å². The Morgan fingerprint density at radius 1 is 1.39 bits per heavy atom. The lowest BCUT2D eigenvalue weighted by Crippen LogP contribution is -2.48. The number of morpholine rings is 1. The third kappa shape index (κ3) is 5.48. The van der Waals surface area contributed by atoms with Crippen molar-refractivity contribution in [2.24, 2.45) is 12.0 Å².